The summed E-state index contributed by atoms with van der Waals surface area (Å²) in [7, 11) is 0. The number of hydrogen-bond donors (Lipinski definition) is 1. The van der Waals surface area contributed by atoms with Gasteiger partial charge in [0, 0.05) is 17.2 Å². The van der Waals surface area contributed by atoms with Crippen LogP contribution in [0.2, 0.25) is 5.02 Å². The highest BCUT2D eigenvalue weighted by Crippen LogP contribution is 2.40. The van der Waals surface area contributed by atoms with Crippen molar-refractivity contribution in [2.45, 2.75) is 13.8 Å². The molecule has 0 saturated carbocycles. The van der Waals surface area contributed by atoms with Crippen molar-refractivity contribution >= 4 is 17.3 Å². The van der Waals surface area contributed by atoms with E-state index >= 15 is 0 Å². The SMILES string of the molecule is Cc1cc(Oc2cc3c(cc2N)OCCO3)cc(C)c1Cl. The van der Waals surface area contributed by atoms with Crippen LogP contribution in [0.4, 0.5) is 5.69 Å². The number of nitrogens with two attached hydrogens (primary N) is 1. The summed E-state index contributed by atoms with van der Waals surface area (Å²) >= 11 is 6.16. The fourth-order valence-corrected chi connectivity index (χ4v) is 2.38. The molecule has 5 heteroatoms. The van der Waals surface area contributed by atoms with Gasteiger partial charge < -0.3 is 19.9 Å². The van der Waals surface area contributed by atoms with Crippen molar-refractivity contribution in [3.63, 3.8) is 0 Å². The summed E-state index contributed by atoms with van der Waals surface area (Å²) in [6, 6.07) is 7.24. The number of anilines is 1. The molecule has 0 aromatic heterocycles. The van der Waals surface area contributed by atoms with Gasteiger partial charge in [-0.2, -0.15) is 0 Å². The number of aryl methyl sites for hydroxylation is 2. The van der Waals surface area contributed by atoms with Gasteiger partial charge in [0.2, 0.25) is 0 Å². The third kappa shape index (κ3) is 2.72. The summed E-state index contributed by atoms with van der Waals surface area (Å²) in [5, 5.41) is 0.748. The topological polar surface area (TPSA) is 53.7 Å². The van der Waals surface area contributed by atoms with Crippen LogP contribution in [-0.2, 0) is 0 Å². The van der Waals surface area contributed by atoms with Crippen molar-refractivity contribution < 1.29 is 14.2 Å². The maximum absolute atomic E-state index is 6.16. The van der Waals surface area contributed by atoms with E-state index in [2.05, 4.69) is 0 Å². The fraction of sp³-hybridized carbons (Fsp3) is 0.250. The van der Waals surface area contributed by atoms with Crippen molar-refractivity contribution in [1.29, 1.82) is 0 Å². The Labute approximate surface area is 128 Å². The van der Waals surface area contributed by atoms with Gasteiger partial charge in [-0.15, -0.1) is 0 Å². The first-order valence-corrected chi connectivity index (χ1v) is 7.06. The van der Waals surface area contributed by atoms with Crippen molar-refractivity contribution in [3.8, 4) is 23.0 Å². The van der Waals surface area contributed by atoms with Gasteiger partial charge in [0.25, 0.3) is 0 Å². The monoisotopic (exact) mass is 305 g/mol. The first-order valence-electron chi connectivity index (χ1n) is 6.68. The molecule has 0 fully saturated rings. The number of rotatable bonds is 2. The van der Waals surface area contributed by atoms with Gasteiger partial charge >= 0.3 is 0 Å². The van der Waals surface area contributed by atoms with Gasteiger partial charge in [-0.3, -0.25) is 0 Å². The lowest BCUT2D eigenvalue weighted by molar-refractivity contribution is 0.171. The average Bonchev–Trinajstić information content (AvgIpc) is 2.45. The zero-order valence-electron chi connectivity index (χ0n) is 11.9. The molecule has 0 aliphatic carbocycles. The van der Waals surface area contributed by atoms with Crippen molar-refractivity contribution in [1.82, 2.24) is 0 Å². The second-order valence-electron chi connectivity index (χ2n) is 5.01. The van der Waals surface area contributed by atoms with Crippen LogP contribution in [0.25, 0.3) is 0 Å². The number of ether oxygens (including phenoxy) is 3. The Morgan fingerprint density at radius 2 is 1.57 bits per heavy atom. The lowest BCUT2D eigenvalue weighted by Crippen LogP contribution is -2.15. The molecule has 110 valence electrons. The van der Waals surface area contributed by atoms with Gasteiger partial charge in [0.15, 0.2) is 17.2 Å². The van der Waals surface area contributed by atoms with E-state index in [1.54, 1.807) is 12.1 Å². The molecule has 3 rings (SSSR count). The number of fused-ring (bicyclic) bond motifs is 1. The largest absolute Gasteiger partial charge is 0.486 e. The van der Waals surface area contributed by atoms with E-state index < -0.39 is 0 Å². The quantitative estimate of drug-likeness (QED) is 0.849. The molecule has 21 heavy (non-hydrogen) atoms. The molecule has 1 heterocycles. The summed E-state index contributed by atoms with van der Waals surface area (Å²) < 4.78 is 16.9. The second kappa shape index (κ2) is 5.37. The van der Waals surface area contributed by atoms with Crippen molar-refractivity contribution in [2.75, 3.05) is 18.9 Å². The van der Waals surface area contributed by atoms with E-state index in [4.69, 9.17) is 31.5 Å². The second-order valence-corrected chi connectivity index (χ2v) is 5.38. The molecule has 2 aromatic rings. The van der Waals surface area contributed by atoms with E-state index in [0.29, 0.717) is 41.9 Å². The molecule has 0 spiro atoms. The molecule has 0 amide bonds. The summed E-state index contributed by atoms with van der Waals surface area (Å²) in [5.74, 6) is 2.53. The van der Waals surface area contributed by atoms with Crippen LogP contribution in [0, 0.1) is 13.8 Å². The highest BCUT2D eigenvalue weighted by Gasteiger charge is 2.16. The highest BCUT2D eigenvalue weighted by atomic mass is 35.5. The van der Waals surface area contributed by atoms with Crippen LogP contribution in [0.1, 0.15) is 11.1 Å². The minimum absolute atomic E-state index is 0.504. The summed E-state index contributed by atoms with van der Waals surface area (Å²) in [4.78, 5) is 0. The van der Waals surface area contributed by atoms with Crippen molar-refractivity contribution in [3.05, 3.63) is 40.4 Å². The standard InChI is InChI=1S/C16H16ClNO3/c1-9-5-11(6-10(2)16(9)17)21-13-8-15-14(7-12(13)18)19-3-4-20-15/h5-8H,3-4,18H2,1-2H3. The Bertz CT molecular complexity index is 677. The Morgan fingerprint density at radius 3 is 2.19 bits per heavy atom. The first-order chi connectivity index (χ1) is 10.0. The highest BCUT2D eigenvalue weighted by molar-refractivity contribution is 6.32. The van der Waals surface area contributed by atoms with Crippen LogP contribution in [-0.4, -0.2) is 13.2 Å². The third-order valence-electron chi connectivity index (χ3n) is 3.31. The van der Waals surface area contributed by atoms with Crippen LogP contribution >= 0.6 is 11.6 Å². The normalized spacial score (nSPS) is 13.1. The van der Waals surface area contributed by atoms with Gasteiger partial charge in [-0.25, -0.2) is 0 Å². The molecule has 1 aliphatic heterocycles. The van der Waals surface area contributed by atoms with Gasteiger partial charge in [0.05, 0.1) is 5.69 Å². The molecule has 4 nitrogen and oxygen atoms in total. The molecule has 1 aliphatic rings. The molecular formula is C16H16ClNO3. The van der Waals surface area contributed by atoms with Crippen LogP contribution in [0.15, 0.2) is 24.3 Å². The average molecular weight is 306 g/mol. The van der Waals surface area contributed by atoms with E-state index in [9.17, 15) is 0 Å². The zero-order valence-corrected chi connectivity index (χ0v) is 12.7. The van der Waals surface area contributed by atoms with Gasteiger partial charge in [-0.05, 0) is 37.1 Å². The summed E-state index contributed by atoms with van der Waals surface area (Å²) in [6.07, 6.45) is 0. The Hall–Kier alpha value is -2.07. The first kappa shape index (κ1) is 13.9. The maximum Gasteiger partial charge on any atom is 0.165 e. The number of halogens is 1. The van der Waals surface area contributed by atoms with E-state index in [0.717, 1.165) is 16.1 Å². The van der Waals surface area contributed by atoms with E-state index in [1.807, 2.05) is 26.0 Å². The minimum atomic E-state index is 0.504. The predicted molar refractivity (Wildman–Crippen MR) is 82.8 cm³/mol. The number of nitrogen functional groups attached to an aromatic ring is 1. The Morgan fingerprint density at radius 1 is 1.00 bits per heavy atom. The molecule has 0 bridgehead atoms. The fourth-order valence-electron chi connectivity index (χ4n) is 2.27. The van der Waals surface area contributed by atoms with E-state index in [1.165, 1.54) is 0 Å². The lowest BCUT2D eigenvalue weighted by atomic mass is 10.1. The van der Waals surface area contributed by atoms with Gasteiger partial charge in [0.1, 0.15) is 19.0 Å². The van der Waals surface area contributed by atoms with Gasteiger partial charge in [-0.1, -0.05) is 11.6 Å². The van der Waals surface area contributed by atoms with E-state index in [-0.39, 0.29) is 0 Å². The van der Waals surface area contributed by atoms with Crippen LogP contribution in [0.3, 0.4) is 0 Å². The molecule has 0 saturated heterocycles. The molecule has 2 aromatic carbocycles. The van der Waals surface area contributed by atoms with Crippen LogP contribution in [0.5, 0.6) is 23.0 Å². The summed E-state index contributed by atoms with van der Waals surface area (Å²) in [5.41, 5.74) is 8.44. The maximum atomic E-state index is 6.16. The third-order valence-corrected chi connectivity index (χ3v) is 3.91. The zero-order chi connectivity index (χ0) is 15.0. The minimum Gasteiger partial charge on any atom is -0.486 e. The smallest absolute Gasteiger partial charge is 0.165 e. The molecular weight excluding hydrogens is 290 g/mol. The Balaban J connectivity index is 1.95. The summed E-state index contributed by atoms with van der Waals surface area (Å²) in [6.45, 7) is 4.93. The molecule has 2 N–H and O–H groups in total. The number of hydrogen-bond acceptors (Lipinski definition) is 4. The van der Waals surface area contributed by atoms with Crippen LogP contribution < -0.4 is 19.9 Å². The Kier molecular flexibility index (Phi) is 3.55. The molecule has 0 atom stereocenters. The number of benzene rings is 2. The molecule has 0 unspecified atom stereocenters. The lowest BCUT2D eigenvalue weighted by Gasteiger charge is -2.20. The predicted octanol–water partition coefficient (Wildman–Crippen LogP) is 4.10. The molecule has 0 radical (unpaired) electrons. The van der Waals surface area contributed by atoms with Crippen molar-refractivity contribution in [2.24, 2.45) is 0 Å².